The smallest absolute Gasteiger partial charge is 0.333 e. The van der Waals surface area contributed by atoms with Gasteiger partial charge >= 0.3 is 5.97 Å². The number of hydrogen-bond donors (Lipinski definition) is 1. The van der Waals surface area contributed by atoms with E-state index in [9.17, 15) is 9.90 Å². The summed E-state index contributed by atoms with van der Waals surface area (Å²) in [5, 5.41) is 12.1. The molecule has 28 heavy (non-hydrogen) atoms. The Bertz CT molecular complexity index is 755. The molecular weight excluding hydrogens is 356 g/mol. The fourth-order valence-electron chi connectivity index (χ4n) is 2.67. The first kappa shape index (κ1) is 21.9. The van der Waals surface area contributed by atoms with Gasteiger partial charge in [0.15, 0.2) is 0 Å². The molecule has 2 aromatic rings. The largest absolute Gasteiger partial charge is 0.494 e. The third-order valence-electron chi connectivity index (χ3n) is 4.24. The van der Waals surface area contributed by atoms with Gasteiger partial charge < -0.3 is 19.3 Å². The summed E-state index contributed by atoms with van der Waals surface area (Å²) in [5.41, 5.74) is 0.317. The van der Waals surface area contributed by atoms with Crippen LogP contribution < -0.4 is 4.74 Å². The van der Waals surface area contributed by atoms with E-state index in [0.29, 0.717) is 18.8 Å². The van der Waals surface area contributed by atoms with Gasteiger partial charge in [0, 0.05) is 12.2 Å². The summed E-state index contributed by atoms with van der Waals surface area (Å²) >= 11 is 0. The van der Waals surface area contributed by atoms with Crippen LogP contribution in [0.25, 0.3) is 10.8 Å². The number of ether oxygens (including phenoxy) is 3. The standard InChI is InChI=1S/C23H30O5/c1-18(2)23(25)28-17-21(24)16-26-13-7-3-4-8-14-27-22-12-11-19-9-5-6-10-20(19)15-22/h5-6,9-12,15,21,24H,1,3-4,7-8,13-14,16-17H2,2H3. The predicted molar refractivity (Wildman–Crippen MR) is 111 cm³/mol. The first-order valence-electron chi connectivity index (χ1n) is 9.76. The first-order valence-corrected chi connectivity index (χ1v) is 9.76. The normalized spacial score (nSPS) is 11.9. The summed E-state index contributed by atoms with van der Waals surface area (Å²) in [4.78, 5) is 11.2. The number of aliphatic hydroxyl groups excluding tert-OH is 1. The molecule has 0 saturated heterocycles. The van der Waals surface area contributed by atoms with Gasteiger partial charge in [0.1, 0.15) is 18.5 Å². The van der Waals surface area contributed by atoms with Gasteiger partial charge in [-0.25, -0.2) is 4.79 Å². The number of esters is 1. The molecule has 0 radical (unpaired) electrons. The van der Waals surface area contributed by atoms with Crippen LogP contribution in [0.15, 0.2) is 54.6 Å². The lowest BCUT2D eigenvalue weighted by Crippen LogP contribution is -2.24. The molecule has 0 aliphatic rings. The number of unbranched alkanes of at least 4 members (excludes halogenated alkanes) is 3. The van der Waals surface area contributed by atoms with Crippen molar-refractivity contribution in [3.05, 3.63) is 54.6 Å². The van der Waals surface area contributed by atoms with E-state index >= 15 is 0 Å². The lowest BCUT2D eigenvalue weighted by molar-refractivity contribution is -0.143. The van der Waals surface area contributed by atoms with Crippen molar-refractivity contribution in [2.75, 3.05) is 26.4 Å². The van der Waals surface area contributed by atoms with Crippen molar-refractivity contribution in [2.45, 2.75) is 38.7 Å². The van der Waals surface area contributed by atoms with Crippen molar-refractivity contribution in [2.24, 2.45) is 0 Å². The van der Waals surface area contributed by atoms with Crippen LogP contribution in [0.2, 0.25) is 0 Å². The fourth-order valence-corrected chi connectivity index (χ4v) is 2.67. The highest BCUT2D eigenvalue weighted by Crippen LogP contribution is 2.20. The van der Waals surface area contributed by atoms with Gasteiger partial charge in [0.2, 0.25) is 0 Å². The Labute approximate surface area is 166 Å². The maximum atomic E-state index is 11.2. The van der Waals surface area contributed by atoms with Crippen LogP contribution in [-0.4, -0.2) is 43.6 Å². The molecule has 0 fully saturated rings. The molecule has 0 amide bonds. The molecule has 1 N–H and O–H groups in total. The lowest BCUT2D eigenvalue weighted by Gasteiger charge is -2.12. The Kier molecular flexibility index (Phi) is 9.52. The van der Waals surface area contributed by atoms with Crippen LogP contribution >= 0.6 is 0 Å². The minimum absolute atomic E-state index is 0.0716. The molecule has 1 atom stereocenters. The molecule has 0 aliphatic carbocycles. The van der Waals surface area contributed by atoms with E-state index < -0.39 is 12.1 Å². The van der Waals surface area contributed by atoms with Crippen LogP contribution in [0.5, 0.6) is 5.75 Å². The van der Waals surface area contributed by atoms with E-state index in [4.69, 9.17) is 14.2 Å². The molecule has 5 nitrogen and oxygen atoms in total. The summed E-state index contributed by atoms with van der Waals surface area (Å²) in [7, 11) is 0. The van der Waals surface area contributed by atoms with Crippen molar-refractivity contribution in [1.82, 2.24) is 0 Å². The zero-order valence-corrected chi connectivity index (χ0v) is 16.6. The van der Waals surface area contributed by atoms with Crippen molar-refractivity contribution in [1.29, 1.82) is 0 Å². The second kappa shape index (κ2) is 12.2. The number of fused-ring (bicyclic) bond motifs is 1. The maximum Gasteiger partial charge on any atom is 0.333 e. The average molecular weight is 386 g/mol. The van der Waals surface area contributed by atoms with Gasteiger partial charge in [-0.3, -0.25) is 0 Å². The molecule has 0 aromatic heterocycles. The number of carbonyl (C=O) groups is 1. The summed E-state index contributed by atoms with van der Waals surface area (Å²) in [6.07, 6.45) is 3.22. The molecular formula is C23H30O5. The maximum absolute atomic E-state index is 11.2. The van der Waals surface area contributed by atoms with Gasteiger partial charge in [-0.2, -0.15) is 0 Å². The molecule has 0 saturated carbocycles. The molecule has 2 aromatic carbocycles. The van der Waals surface area contributed by atoms with Gasteiger partial charge in [0.25, 0.3) is 0 Å². The number of rotatable bonds is 13. The average Bonchev–Trinajstić information content (AvgIpc) is 2.70. The second-order valence-electron chi connectivity index (χ2n) is 6.88. The Hall–Kier alpha value is -2.37. The Morgan fingerprint density at radius 1 is 1.00 bits per heavy atom. The van der Waals surface area contributed by atoms with E-state index in [1.165, 1.54) is 10.8 Å². The molecule has 0 heterocycles. The van der Waals surface area contributed by atoms with Crippen molar-refractivity contribution < 1.29 is 24.1 Å². The lowest BCUT2D eigenvalue weighted by atomic mass is 10.1. The van der Waals surface area contributed by atoms with Crippen LogP contribution in [-0.2, 0) is 14.3 Å². The highest BCUT2D eigenvalue weighted by molar-refractivity contribution is 5.87. The third-order valence-corrected chi connectivity index (χ3v) is 4.24. The third kappa shape index (κ3) is 8.11. The number of aliphatic hydroxyl groups is 1. The molecule has 2 rings (SSSR count). The molecule has 1 unspecified atom stereocenters. The predicted octanol–water partition coefficient (Wildman–Crippen LogP) is 4.28. The topological polar surface area (TPSA) is 65.0 Å². The Morgan fingerprint density at radius 3 is 2.46 bits per heavy atom. The van der Waals surface area contributed by atoms with Crippen LogP contribution in [0, 0.1) is 0 Å². The molecule has 0 bridgehead atoms. The minimum atomic E-state index is -0.807. The Morgan fingerprint density at radius 2 is 1.71 bits per heavy atom. The van der Waals surface area contributed by atoms with Gasteiger partial charge in [-0.15, -0.1) is 0 Å². The zero-order valence-electron chi connectivity index (χ0n) is 16.6. The number of benzene rings is 2. The molecule has 152 valence electrons. The first-order chi connectivity index (χ1) is 13.6. The van der Waals surface area contributed by atoms with E-state index in [2.05, 4.69) is 30.8 Å². The minimum Gasteiger partial charge on any atom is -0.494 e. The molecule has 0 aliphatic heterocycles. The summed E-state index contributed by atoms with van der Waals surface area (Å²) in [6, 6.07) is 14.4. The van der Waals surface area contributed by atoms with Crippen molar-refractivity contribution in [3.8, 4) is 5.75 Å². The van der Waals surface area contributed by atoms with Gasteiger partial charge in [0.05, 0.1) is 13.2 Å². The van der Waals surface area contributed by atoms with E-state index in [1.807, 2.05) is 18.2 Å². The fraction of sp³-hybridized carbons (Fsp3) is 0.435. The SMILES string of the molecule is C=C(C)C(=O)OCC(O)COCCCCCCOc1ccc2ccccc2c1. The second-order valence-corrected chi connectivity index (χ2v) is 6.88. The van der Waals surface area contributed by atoms with Crippen LogP contribution in [0.4, 0.5) is 0 Å². The molecule has 5 heteroatoms. The van der Waals surface area contributed by atoms with E-state index in [1.54, 1.807) is 6.92 Å². The monoisotopic (exact) mass is 386 g/mol. The number of hydrogen-bond acceptors (Lipinski definition) is 5. The van der Waals surface area contributed by atoms with Crippen LogP contribution in [0.1, 0.15) is 32.6 Å². The Balaban J connectivity index is 1.46. The zero-order chi connectivity index (χ0) is 20.2. The van der Waals surface area contributed by atoms with Gasteiger partial charge in [-0.1, -0.05) is 43.3 Å². The molecule has 0 spiro atoms. The highest BCUT2D eigenvalue weighted by atomic mass is 16.5. The van der Waals surface area contributed by atoms with Crippen molar-refractivity contribution >= 4 is 16.7 Å². The quantitative estimate of drug-likeness (QED) is 0.316. The summed E-state index contributed by atoms with van der Waals surface area (Å²) in [5.74, 6) is 0.410. The summed E-state index contributed by atoms with van der Waals surface area (Å²) in [6.45, 7) is 6.42. The van der Waals surface area contributed by atoms with Crippen molar-refractivity contribution in [3.63, 3.8) is 0 Å². The highest BCUT2D eigenvalue weighted by Gasteiger charge is 2.09. The summed E-state index contributed by atoms with van der Waals surface area (Å²) < 4.78 is 16.1. The van der Waals surface area contributed by atoms with E-state index in [0.717, 1.165) is 31.4 Å². The van der Waals surface area contributed by atoms with Gasteiger partial charge in [-0.05, 0) is 49.1 Å². The van der Waals surface area contributed by atoms with E-state index in [-0.39, 0.29) is 13.2 Å². The van der Waals surface area contributed by atoms with Crippen LogP contribution in [0.3, 0.4) is 0 Å². The number of carbonyl (C=O) groups excluding carboxylic acids is 1.